The van der Waals surface area contributed by atoms with Gasteiger partial charge in [-0.1, -0.05) is 18.2 Å². The third-order valence-corrected chi connectivity index (χ3v) is 3.48. The van der Waals surface area contributed by atoms with Gasteiger partial charge in [-0.05, 0) is 36.6 Å². The van der Waals surface area contributed by atoms with E-state index in [9.17, 15) is 4.79 Å². The molecule has 0 spiro atoms. The topological polar surface area (TPSA) is 59.2 Å². The van der Waals surface area contributed by atoms with Gasteiger partial charge in [0, 0.05) is 12.7 Å². The molecule has 19 heavy (non-hydrogen) atoms. The van der Waals surface area contributed by atoms with E-state index in [1.165, 1.54) is 0 Å². The van der Waals surface area contributed by atoms with Gasteiger partial charge in [0.25, 0.3) is 5.91 Å². The number of aromatic nitrogens is 1. The largest absolute Gasteiger partial charge is 0.397 e. The van der Waals surface area contributed by atoms with Crippen LogP contribution in [-0.4, -0.2) is 17.4 Å². The van der Waals surface area contributed by atoms with Crippen LogP contribution in [0.1, 0.15) is 21.6 Å². The van der Waals surface area contributed by atoms with Crippen LogP contribution in [0.2, 0.25) is 0 Å². The summed E-state index contributed by atoms with van der Waals surface area (Å²) in [5, 5.41) is 0. The molecule has 4 heteroatoms. The minimum atomic E-state index is -0.0743. The lowest BCUT2D eigenvalue weighted by molar-refractivity contribution is 0.0984. The fourth-order valence-corrected chi connectivity index (χ4v) is 2.53. The standard InChI is InChI=1S/C15H15N3O/c1-10-4-3-8-17-13(10)15(19)18-9-7-11-5-2-6-12(16)14(11)18/h2-6,8H,7,9,16H2,1H3. The Hall–Kier alpha value is -2.36. The summed E-state index contributed by atoms with van der Waals surface area (Å²) in [4.78, 5) is 18.5. The van der Waals surface area contributed by atoms with Gasteiger partial charge < -0.3 is 10.6 Å². The SMILES string of the molecule is Cc1cccnc1C(=O)N1CCc2cccc(N)c21. The van der Waals surface area contributed by atoms with Crippen LogP contribution in [0.3, 0.4) is 0 Å². The average Bonchev–Trinajstić information content (AvgIpc) is 2.84. The summed E-state index contributed by atoms with van der Waals surface area (Å²) < 4.78 is 0. The molecule has 1 aliphatic rings. The van der Waals surface area contributed by atoms with Gasteiger partial charge in [0.05, 0.1) is 11.4 Å². The first-order chi connectivity index (χ1) is 9.18. The quantitative estimate of drug-likeness (QED) is 0.792. The molecule has 1 amide bonds. The molecule has 1 aromatic heterocycles. The van der Waals surface area contributed by atoms with E-state index < -0.39 is 0 Å². The molecule has 1 aliphatic heterocycles. The van der Waals surface area contributed by atoms with Gasteiger partial charge in [-0.25, -0.2) is 0 Å². The molecular weight excluding hydrogens is 238 g/mol. The number of nitrogens with zero attached hydrogens (tertiary/aromatic N) is 2. The van der Waals surface area contributed by atoms with E-state index in [1.807, 2.05) is 37.3 Å². The Labute approximate surface area is 111 Å². The van der Waals surface area contributed by atoms with Crippen molar-refractivity contribution in [3.63, 3.8) is 0 Å². The number of aryl methyl sites for hydroxylation is 1. The number of hydrogen-bond acceptors (Lipinski definition) is 3. The average molecular weight is 253 g/mol. The Kier molecular flexibility index (Phi) is 2.71. The molecule has 0 fully saturated rings. The number of pyridine rings is 1. The molecule has 0 unspecified atom stereocenters. The van der Waals surface area contributed by atoms with Crippen LogP contribution in [0.15, 0.2) is 36.5 Å². The van der Waals surface area contributed by atoms with Crippen molar-refractivity contribution in [2.45, 2.75) is 13.3 Å². The third kappa shape index (κ3) is 1.85. The fraction of sp³-hybridized carbons (Fsp3) is 0.200. The summed E-state index contributed by atoms with van der Waals surface area (Å²) >= 11 is 0. The molecular formula is C15H15N3O. The minimum Gasteiger partial charge on any atom is -0.397 e. The monoisotopic (exact) mass is 253 g/mol. The van der Waals surface area contributed by atoms with Crippen LogP contribution in [0, 0.1) is 6.92 Å². The highest BCUT2D eigenvalue weighted by atomic mass is 16.2. The first-order valence-electron chi connectivity index (χ1n) is 6.29. The number of benzene rings is 1. The van der Waals surface area contributed by atoms with Crippen molar-refractivity contribution in [1.82, 2.24) is 4.98 Å². The van der Waals surface area contributed by atoms with E-state index in [-0.39, 0.29) is 5.91 Å². The molecule has 0 bridgehead atoms. The van der Waals surface area contributed by atoms with Crippen molar-refractivity contribution in [1.29, 1.82) is 0 Å². The van der Waals surface area contributed by atoms with E-state index in [0.717, 1.165) is 23.2 Å². The zero-order chi connectivity index (χ0) is 13.4. The second-order valence-electron chi connectivity index (χ2n) is 4.73. The molecule has 0 saturated carbocycles. The van der Waals surface area contributed by atoms with Gasteiger partial charge in [0.2, 0.25) is 0 Å². The lowest BCUT2D eigenvalue weighted by Crippen LogP contribution is -2.30. The van der Waals surface area contributed by atoms with Gasteiger partial charge in [-0.15, -0.1) is 0 Å². The molecule has 2 aromatic rings. The molecule has 0 aliphatic carbocycles. The number of amides is 1. The highest BCUT2D eigenvalue weighted by Crippen LogP contribution is 2.34. The Morgan fingerprint density at radius 2 is 2.16 bits per heavy atom. The van der Waals surface area contributed by atoms with Gasteiger partial charge in [0.15, 0.2) is 0 Å². The van der Waals surface area contributed by atoms with Crippen molar-refractivity contribution < 1.29 is 4.79 Å². The molecule has 2 N–H and O–H groups in total. The van der Waals surface area contributed by atoms with E-state index in [0.29, 0.717) is 17.9 Å². The molecule has 0 atom stereocenters. The lowest BCUT2D eigenvalue weighted by atomic mass is 10.1. The minimum absolute atomic E-state index is 0.0743. The summed E-state index contributed by atoms with van der Waals surface area (Å²) in [6.45, 7) is 2.56. The number of rotatable bonds is 1. The van der Waals surface area contributed by atoms with Crippen LogP contribution in [0.5, 0.6) is 0 Å². The number of fused-ring (bicyclic) bond motifs is 1. The van der Waals surface area contributed by atoms with Crippen LogP contribution < -0.4 is 10.6 Å². The molecule has 4 nitrogen and oxygen atoms in total. The first kappa shape index (κ1) is 11.7. The van der Waals surface area contributed by atoms with Crippen LogP contribution >= 0.6 is 0 Å². The van der Waals surface area contributed by atoms with E-state index >= 15 is 0 Å². The van der Waals surface area contributed by atoms with Crippen molar-refractivity contribution in [2.75, 3.05) is 17.2 Å². The van der Waals surface area contributed by atoms with Crippen LogP contribution in [0.25, 0.3) is 0 Å². The van der Waals surface area contributed by atoms with Crippen LogP contribution in [-0.2, 0) is 6.42 Å². The molecule has 96 valence electrons. The van der Waals surface area contributed by atoms with E-state index in [2.05, 4.69) is 4.98 Å². The summed E-state index contributed by atoms with van der Waals surface area (Å²) in [6.07, 6.45) is 2.49. The number of nitrogen functional groups attached to an aromatic ring is 1. The van der Waals surface area contributed by atoms with Crippen LogP contribution in [0.4, 0.5) is 11.4 Å². The molecule has 0 saturated heterocycles. The van der Waals surface area contributed by atoms with Crippen molar-refractivity contribution in [3.8, 4) is 0 Å². The van der Waals surface area contributed by atoms with E-state index in [1.54, 1.807) is 11.1 Å². The predicted octanol–water partition coefficient (Wildman–Crippen LogP) is 2.18. The maximum absolute atomic E-state index is 12.6. The summed E-state index contributed by atoms with van der Waals surface area (Å²) in [6, 6.07) is 9.50. The Morgan fingerprint density at radius 3 is 2.95 bits per heavy atom. The fourth-order valence-electron chi connectivity index (χ4n) is 2.53. The number of carbonyl (C=O) groups is 1. The number of anilines is 2. The second kappa shape index (κ2) is 4.39. The highest BCUT2D eigenvalue weighted by molar-refractivity contribution is 6.08. The molecule has 0 radical (unpaired) electrons. The Bertz CT molecular complexity index is 652. The maximum Gasteiger partial charge on any atom is 0.277 e. The normalized spacial score (nSPS) is 13.4. The second-order valence-corrected chi connectivity index (χ2v) is 4.73. The number of para-hydroxylation sites is 1. The van der Waals surface area contributed by atoms with E-state index in [4.69, 9.17) is 5.73 Å². The Morgan fingerprint density at radius 1 is 1.32 bits per heavy atom. The zero-order valence-electron chi connectivity index (χ0n) is 10.8. The summed E-state index contributed by atoms with van der Waals surface area (Å²) in [5.41, 5.74) is 10.0. The molecule has 3 rings (SSSR count). The van der Waals surface area contributed by atoms with Crippen molar-refractivity contribution >= 4 is 17.3 Å². The third-order valence-electron chi connectivity index (χ3n) is 3.48. The number of nitrogens with two attached hydrogens (primary N) is 1. The molecule has 2 heterocycles. The van der Waals surface area contributed by atoms with Gasteiger partial charge in [-0.3, -0.25) is 9.78 Å². The van der Waals surface area contributed by atoms with Gasteiger partial charge in [-0.2, -0.15) is 0 Å². The van der Waals surface area contributed by atoms with Gasteiger partial charge >= 0.3 is 0 Å². The van der Waals surface area contributed by atoms with Gasteiger partial charge in [0.1, 0.15) is 5.69 Å². The first-order valence-corrected chi connectivity index (χ1v) is 6.29. The number of hydrogen-bond donors (Lipinski definition) is 1. The summed E-state index contributed by atoms with van der Waals surface area (Å²) in [7, 11) is 0. The van der Waals surface area contributed by atoms with Crippen molar-refractivity contribution in [3.05, 3.63) is 53.3 Å². The highest BCUT2D eigenvalue weighted by Gasteiger charge is 2.28. The van der Waals surface area contributed by atoms with Crippen molar-refractivity contribution in [2.24, 2.45) is 0 Å². The number of carbonyl (C=O) groups excluding carboxylic acids is 1. The predicted molar refractivity (Wildman–Crippen MR) is 75.2 cm³/mol. The zero-order valence-corrected chi connectivity index (χ0v) is 10.8. The lowest BCUT2D eigenvalue weighted by Gasteiger charge is -2.19. The summed E-state index contributed by atoms with van der Waals surface area (Å²) in [5.74, 6) is -0.0743. The maximum atomic E-state index is 12.6. The molecule has 1 aromatic carbocycles. The Balaban J connectivity index is 2.03. The smallest absolute Gasteiger partial charge is 0.277 e.